The molecule has 19 heavy (non-hydrogen) atoms. The molecule has 0 aliphatic rings. The largest absolute Gasteiger partial charge is 0.497 e. The van der Waals surface area contributed by atoms with E-state index in [9.17, 15) is 0 Å². The lowest BCUT2D eigenvalue weighted by Gasteiger charge is -2.14. The summed E-state index contributed by atoms with van der Waals surface area (Å²) in [6.45, 7) is 9.18. The molecule has 1 rings (SSSR count). The third kappa shape index (κ3) is 5.97. The van der Waals surface area contributed by atoms with Crippen LogP contribution in [0.1, 0.15) is 39.2 Å². The van der Waals surface area contributed by atoms with Crippen LogP contribution in [0.5, 0.6) is 11.5 Å². The quantitative estimate of drug-likeness (QED) is 0.692. The summed E-state index contributed by atoms with van der Waals surface area (Å²) in [4.78, 5) is 0. The zero-order chi connectivity index (χ0) is 14.1. The van der Waals surface area contributed by atoms with E-state index in [1.165, 1.54) is 0 Å². The fraction of sp³-hybridized carbons (Fsp3) is 0.625. The summed E-state index contributed by atoms with van der Waals surface area (Å²) >= 11 is 0. The average molecular weight is 265 g/mol. The van der Waals surface area contributed by atoms with E-state index in [0.29, 0.717) is 5.92 Å². The lowest BCUT2D eigenvalue weighted by Crippen LogP contribution is -2.19. The Morgan fingerprint density at radius 3 is 2.68 bits per heavy atom. The standard InChI is InChI=1S/C16H27NO2/c1-5-6-9-19-16-8-7-15(18-4)10-14(16)12-17-11-13(2)3/h7-8,10,13,17H,5-6,9,11-12H2,1-4H3. The number of hydrogen-bond donors (Lipinski definition) is 1. The summed E-state index contributed by atoms with van der Waals surface area (Å²) in [7, 11) is 1.69. The van der Waals surface area contributed by atoms with Crippen LogP contribution in [0, 0.1) is 5.92 Å². The van der Waals surface area contributed by atoms with E-state index in [1.807, 2.05) is 12.1 Å². The number of unbranched alkanes of at least 4 members (excludes halogenated alkanes) is 1. The van der Waals surface area contributed by atoms with E-state index in [1.54, 1.807) is 7.11 Å². The maximum atomic E-state index is 5.84. The predicted molar refractivity (Wildman–Crippen MR) is 79.9 cm³/mol. The molecule has 0 atom stereocenters. The molecular weight excluding hydrogens is 238 g/mol. The molecule has 1 aromatic rings. The molecule has 0 radical (unpaired) electrons. The van der Waals surface area contributed by atoms with Gasteiger partial charge in [0.05, 0.1) is 13.7 Å². The molecule has 0 spiro atoms. The molecule has 1 N–H and O–H groups in total. The van der Waals surface area contributed by atoms with Gasteiger partial charge in [-0.05, 0) is 37.1 Å². The molecule has 108 valence electrons. The van der Waals surface area contributed by atoms with Crippen LogP contribution < -0.4 is 14.8 Å². The zero-order valence-corrected chi connectivity index (χ0v) is 12.7. The van der Waals surface area contributed by atoms with Crippen molar-refractivity contribution in [3.63, 3.8) is 0 Å². The number of hydrogen-bond acceptors (Lipinski definition) is 3. The third-order valence-corrected chi connectivity index (χ3v) is 2.89. The second-order valence-corrected chi connectivity index (χ2v) is 5.20. The number of rotatable bonds is 9. The van der Waals surface area contributed by atoms with E-state index in [-0.39, 0.29) is 0 Å². The predicted octanol–water partition coefficient (Wildman–Crippen LogP) is 3.62. The molecule has 3 nitrogen and oxygen atoms in total. The highest BCUT2D eigenvalue weighted by atomic mass is 16.5. The van der Waals surface area contributed by atoms with Crippen LogP contribution in [0.15, 0.2) is 18.2 Å². The van der Waals surface area contributed by atoms with Gasteiger partial charge in [0, 0.05) is 12.1 Å². The Morgan fingerprint density at radius 1 is 1.26 bits per heavy atom. The Labute approximate surface area is 117 Å². The van der Waals surface area contributed by atoms with Crippen molar-refractivity contribution >= 4 is 0 Å². The molecule has 3 heteroatoms. The summed E-state index contributed by atoms with van der Waals surface area (Å²) in [6.07, 6.45) is 2.24. The van der Waals surface area contributed by atoms with Gasteiger partial charge in [0.25, 0.3) is 0 Å². The lowest BCUT2D eigenvalue weighted by molar-refractivity contribution is 0.304. The van der Waals surface area contributed by atoms with E-state index in [4.69, 9.17) is 9.47 Å². The molecule has 0 aromatic heterocycles. The Balaban J connectivity index is 2.65. The topological polar surface area (TPSA) is 30.5 Å². The van der Waals surface area contributed by atoms with Crippen LogP contribution in [-0.2, 0) is 6.54 Å². The summed E-state index contributed by atoms with van der Waals surface area (Å²) in [5.41, 5.74) is 1.16. The van der Waals surface area contributed by atoms with Crippen molar-refractivity contribution in [3.8, 4) is 11.5 Å². The third-order valence-electron chi connectivity index (χ3n) is 2.89. The van der Waals surface area contributed by atoms with Crippen molar-refractivity contribution < 1.29 is 9.47 Å². The lowest BCUT2D eigenvalue weighted by atomic mass is 10.1. The van der Waals surface area contributed by atoms with Gasteiger partial charge in [0.1, 0.15) is 11.5 Å². The number of nitrogens with one attached hydrogen (secondary N) is 1. The van der Waals surface area contributed by atoms with Crippen molar-refractivity contribution in [3.05, 3.63) is 23.8 Å². The molecule has 0 aliphatic heterocycles. The van der Waals surface area contributed by atoms with Crippen molar-refractivity contribution in [1.29, 1.82) is 0 Å². The minimum absolute atomic E-state index is 0.648. The molecule has 0 heterocycles. The molecule has 0 amide bonds. The van der Waals surface area contributed by atoms with Crippen LogP contribution in [0.4, 0.5) is 0 Å². The van der Waals surface area contributed by atoms with Gasteiger partial charge in [-0.2, -0.15) is 0 Å². The summed E-state index contributed by atoms with van der Waals surface area (Å²) in [6, 6.07) is 6.00. The van der Waals surface area contributed by atoms with E-state index < -0.39 is 0 Å². The minimum atomic E-state index is 0.648. The van der Waals surface area contributed by atoms with Gasteiger partial charge in [-0.25, -0.2) is 0 Å². The van der Waals surface area contributed by atoms with Crippen LogP contribution >= 0.6 is 0 Å². The first kappa shape index (κ1) is 15.8. The Bertz CT molecular complexity index is 364. The monoisotopic (exact) mass is 265 g/mol. The first-order valence-electron chi connectivity index (χ1n) is 7.17. The van der Waals surface area contributed by atoms with Crippen LogP contribution in [0.2, 0.25) is 0 Å². The minimum Gasteiger partial charge on any atom is -0.497 e. The first-order chi connectivity index (χ1) is 9.17. The fourth-order valence-corrected chi connectivity index (χ4v) is 1.78. The highest BCUT2D eigenvalue weighted by Gasteiger charge is 2.06. The van der Waals surface area contributed by atoms with Gasteiger partial charge in [-0.3, -0.25) is 0 Å². The zero-order valence-electron chi connectivity index (χ0n) is 12.7. The maximum absolute atomic E-state index is 5.84. The van der Waals surface area contributed by atoms with Gasteiger partial charge in [-0.1, -0.05) is 27.2 Å². The highest BCUT2D eigenvalue weighted by molar-refractivity contribution is 5.40. The van der Waals surface area contributed by atoms with Crippen LogP contribution in [-0.4, -0.2) is 20.3 Å². The van der Waals surface area contributed by atoms with E-state index in [0.717, 1.165) is 49.6 Å². The number of ether oxygens (including phenoxy) is 2. The normalized spacial score (nSPS) is 10.8. The van der Waals surface area contributed by atoms with Gasteiger partial charge >= 0.3 is 0 Å². The summed E-state index contributed by atoms with van der Waals surface area (Å²) < 4.78 is 11.1. The smallest absolute Gasteiger partial charge is 0.124 e. The molecule has 0 saturated heterocycles. The molecule has 0 saturated carbocycles. The van der Waals surface area contributed by atoms with Crippen molar-refractivity contribution in [2.75, 3.05) is 20.3 Å². The second kappa shape index (κ2) is 8.81. The van der Waals surface area contributed by atoms with Crippen LogP contribution in [0.3, 0.4) is 0 Å². The molecule has 0 bridgehead atoms. The Hall–Kier alpha value is -1.22. The average Bonchev–Trinajstić information content (AvgIpc) is 2.40. The molecule has 1 aromatic carbocycles. The SMILES string of the molecule is CCCCOc1ccc(OC)cc1CNCC(C)C. The van der Waals surface area contributed by atoms with Gasteiger partial charge < -0.3 is 14.8 Å². The first-order valence-corrected chi connectivity index (χ1v) is 7.17. The van der Waals surface area contributed by atoms with Crippen molar-refractivity contribution in [2.45, 2.75) is 40.2 Å². The maximum Gasteiger partial charge on any atom is 0.124 e. The molecular formula is C16H27NO2. The Morgan fingerprint density at radius 2 is 2.05 bits per heavy atom. The van der Waals surface area contributed by atoms with Crippen LogP contribution in [0.25, 0.3) is 0 Å². The molecule has 0 aliphatic carbocycles. The van der Waals surface area contributed by atoms with Crippen molar-refractivity contribution in [2.24, 2.45) is 5.92 Å². The molecule has 0 fully saturated rings. The van der Waals surface area contributed by atoms with Gasteiger partial charge in [-0.15, -0.1) is 0 Å². The van der Waals surface area contributed by atoms with Crippen molar-refractivity contribution in [1.82, 2.24) is 5.32 Å². The van der Waals surface area contributed by atoms with Gasteiger partial charge in [0.15, 0.2) is 0 Å². The fourth-order valence-electron chi connectivity index (χ4n) is 1.78. The number of benzene rings is 1. The molecule has 0 unspecified atom stereocenters. The second-order valence-electron chi connectivity index (χ2n) is 5.20. The number of methoxy groups -OCH3 is 1. The highest BCUT2D eigenvalue weighted by Crippen LogP contribution is 2.24. The van der Waals surface area contributed by atoms with E-state index >= 15 is 0 Å². The van der Waals surface area contributed by atoms with Gasteiger partial charge in [0.2, 0.25) is 0 Å². The summed E-state index contributed by atoms with van der Waals surface area (Å²) in [5, 5.41) is 3.45. The Kier molecular flexibility index (Phi) is 7.34. The summed E-state index contributed by atoms with van der Waals surface area (Å²) in [5.74, 6) is 2.49. The van der Waals surface area contributed by atoms with E-state index in [2.05, 4.69) is 32.2 Å².